The summed E-state index contributed by atoms with van der Waals surface area (Å²) in [6.45, 7) is 2.39. The Morgan fingerprint density at radius 1 is 1.32 bits per heavy atom. The third-order valence-electron chi connectivity index (χ3n) is 4.27. The van der Waals surface area contributed by atoms with Gasteiger partial charge in [-0.25, -0.2) is 0 Å². The Morgan fingerprint density at radius 2 is 2.05 bits per heavy atom. The minimum absolute atomic E-state index is 0.0922. The molecule has 2 aliphatic rings. The van der Waals surface area contributed by atoms with Crippen LogP contribution in [0.3, 0.4) is 0 Å². The summed E-state index contributed by atoms with van der Waals surface area (Å²) >= 11 is 0. The third-order valence-corrected chi connectivity index (χ3v) is 4.27. The van der Waals surface area contributed by atoms with Crippen LogP contribution in [0.1, 0.15) is 26.2 Å². The Balaban J connectivity index is 1.89. The molecular formula is C14H22F3N3O2. The van der Waals surface area contributed by atoms with Gasteiger partial charge in [-0.1, -0.05) is 0 Å². The molecule has 2 saturated heterocycles. The average Bonchev–Trinajstić information content (AvgIpc) is 2.76. The summed E-state index contributed by atoms with van der Waals surface area (Å²) in [5.41, 5.74) is 0. The number of likely N-dealkylation sites (tertiary alicyclic amines) is 2. The van der Waals surface area contributed by atoms with E-state index < -0.39 is 24.7 Å². The summed E-state index contributed by atoms with van der Waals surface area (Å²) in [5, 5.41) is 2.77. The van der Waals surface area contributed by atoms with Gasteiger partial charge < -0.3 is 10.2 Å². The van der Waals surface area contributed by atoms with E-state index in [0.717, 1.165) is 24.3 Å². The predicted molar refractivity (Wildman–Crippen MR) is 74.0 cm³/mol. The lowest BCUT2D eigenvalue weighted by Gasteiger charge is -2.36. The fourth-order valence-electron chi connectivity index (χ4n) is 3.27. The van der Waals surface area contributed by atoms with Crippen molar-refractivity contribution in [2.24, 2.45) is 5.92 Å². The molecular weight excluding hydrogens is 299 g/mol. The molecule has 0 aliphatic carbocycles. The van der Waals surface area contributed by atoms with Crippen LogP contribution in [0.2, 0.25) is 0 Å². The zero-order chi connectivity index (χ0) is 16.3. The number of nitrogens with one attached hydrogen (secondary N) is 1. The maximum Gasteiger partial charge on any atom is 0.406 e. The van der Waals surface area contributed by atoms with Gasteiger partial charge in [-0.15, -0.1) is 0 Å². The zero-order valence-corrected chi connectivity index (χ0v) is 12.7. The van der Waals surface area contributed by atoms with Gasteiger partial charge in [0.2, 0.25) is 11.8 Å². The molecule has 2 fully saturated rings. The molecule has 2 heterocycles. The fourth-order valence-corrected chi connectivity index (χ4v) is 3.27. The number of halogens is 3. The second-order valence-electron chi connectivity index (χ2n) is 6.12. The van der Waals surface area contributed by atoms with Gasteiger partial charge in [0.05, 0.1) is 6.04 Å². The van der Waals surface area contributed by atoms with E-state index in [1.807, 2.05) is 4.90 Å². The van der Waals surface area contributed by atoms with Crippen LogP contribution in [-0.4, -0.2) is 66.6 Å². The Morgan fingerprint density at radius 3 is 2.68 bits per heavy atom. The van der Waals surface area contributed by atoms with Gasteiger partial charge in [-0.2, -0.15) is 13.2 Å². The lowest BCUT2D eigenvalue weighted by atomic mass is 9.96. The molecule has 2 amide bonds. The molecule has 1 N–H and O–H groups in total. The van der Waals surface area contributed by atoms with Crippen molar-refractivity contribution < 1.29 is 22.8 Å². The molecule has 0 saturated carbocycles. The van der Waals surface area contributed by atoms with Crippen molar-refractivity contribution in [2.75, 3.05) is 32.7 Å². The van der Waals surface area contributed by atoms with Crippen molar-refractivity contribution in [2.45, 2.75) is 38.4 Å². The Hall–Kier alpha value is -1.31. The lowest BCUT2D eigenvalue weighted by Crippen LogP contribution is -2.49. The number of carbonyl (C=O) groups excluding carboxylic acids is 2. The molecule has 0 spiro atoms. The average molecular weight is 321 g/mol. The number of hydrogen-bond donors (Lipinski definition) is 1. The van der Waals surface area contributed by atoms with Crippen molar-refractivity contribution in [3.63, 3.8) is 0 Å². The first-order chi connectivity index (χ1) is 10.3. The van der Waals surface area contributed by atoms with Crippen LogP contribution in [0.15, 0.2) is 0 Å². The molecule has 126 valence electrons. The number of hydrogen-bond acceptors (Lipinski definition) is 3. The molecule has 0 aromatic carbocycles. The molecule has 2 rings (SSSR count). The van der Waals surface area contributed by atoms with Gasteiger partial charge in [0.25, 0.3) is 0 Å². The highest BCUT2D eigenvalue weighted by molar-refractivity contribution is 5.84. The fraction of sp³-hybridized carbons (Fsp3) is 0.857. The molecule has 0 bridgehead atoms. The Labute approximate surface area is 127 Å². The molecule has 2 aliphatic heterocycles. The van der Waals surface area contributed by atoms with Gasteiger partial charge in [0.15, 0.2) is 0 Å². The van der Waals surface area contributed by atoms with Crippen molar-refractivity contribution >= 4 is 11.8 Å². The standard InChI is InChI=1S/C14H22F3N3O2/c1-10(21)18-7-11-3-2-5-19(8-11)12-4-6-20(13(12)22)9-14(15,16)17/h11-12H,2-9H2,1H3,(H,18,21). The SMILES string of the molecule is CC(=O)NCC1CCCN(C2CCN(CC(F)(F)F)C2=O)C1. The molecule has 0 aromatic rings. The predicted octanol–water partition coefficient (Wildman–Crippen LogP) is 0.998. The number of alkyl halides is 3. The van der Waals surface area contributed by atoms with E-state index in [9.17, 15) is 22.8 Å². The van der Waals surface area contributed by atoms with E-state index in [0.29, 0.717) is 19.5 Å². The van der Waals surface area contributed by atoms with Crippen molar-refractivity contribution in [1.82, 2.24) is 15.1 Å². The Kier molecular flexibility index (Phi) is 5.31. The first-order valence-electron chi connectivity index (χ1n) is 7.60. The Bertz CT molecular complexity index is 428. The van der Waals surface area contributed by atoms with Crippen molar-refractivity contribution in [3.8, 4) is 0 Å². The first kappa shape index (κ1) is 17.1. The van der Waals surface area contributed by atoms with Gasteiger partial charge in [0.1, 0.15) is 6.54 Å². The van der Waals surface area contributed by atoms with E-state index in [2.05, 4.69) is 5.32 Å². The maximum absolute atomic E-state index is 12.4. The van der Waals surface area contributed by atoms with E-state index in [-0.39, 0.29) is 18.4 Å². The second-order valence-corrected chi connectivity index (χ2v) is 6.12. The van der Waals surface area contributed by atoms with E-state index in [4.69, 9.17) is 0 Å². The van der Waals surface area contributed by atoms with E-state index in [1.54, 1.807) is 0 Å². The number of carbonyl (C=O) groups is 2. The van der Waals surface area contributed by atoms with Crippen LogP contribution in [0.4, 0.5) is 13.2 Å². The smallest absolute Gasteiger partial charge is 0.356 e. The number of nitrogens with zero attached hydrogens (tertiary/aromatic N) is 2. The monoisotopic (exact) mass is 321 g/mol. The molecule has 5 nitrogen and oxygen atoms in total. The molecule has 0 aromatic heterocycles. The molecule has 2 unspecified atom stereocenters. The minimum atomic E-state index is -4.35. The third kappa shape index (κ3) is 4.59. The van der Waals surface area contributed by atoms with Crippen LogP contribution in [-0.2, 0) is 9.59 Å². The summed E-state index contributed by atoms with van der Waals surface area (Å²) in [4.78, 5) is 26.0. The van der Waals surface area contributed by atoms with Gasteiger partial charge in [0, 0.05) is 26.6 Å². The van der Waals surface area contributed by atoms with Gasteiger partial charge in [-0.05, 0) is 31.7 Å². The first-order valence-corrected chi connectivity index (χ1v) is 7.60. The van der Waals surface area contributed by atoms with Crippen molar-refractivity contribution in [1.29, 1.82) is 0 Å². The normalized spacial score (nSPS) is 27.3. The molecule has 22 heavy (non-hydrogen) atoms. The number of piperidine rings is 1. The zero-order valence-electron chi connectivity index (χ0n) is 12.7. The lowest BCUT2D eigenvalue weighted by molar-refractivity contribution is -0.159. The minimum Gasteiger partial charge on any atom is -0.356 e. The van der Waals surface area contributed by atoms with Crippen LogP contribution in [0.5, 0.6) is 0 Å². The molecule has 8 heteroatoms. The van der Waals surface area contributed by atoms with Crippen LogP contribution in [0.25, 0.3) is 0 Å². The van der Waals surface area contributed by atoms with E-state index in [1.165, 1.54) is 6.92 Å². The molecule has 2 atom stereocenters. The summed E-state index contributed by atoms with van der Waals surface area (Å²) in [6, 6.07) is -0.442. The quantitative estimate of drug-likeness (QED) is 0.840. The second kappa shape index (κ2) is 6.85. The highest BCUT2D eigenvalue weighted by atomic mass is 19.4. The largest absolute Gasteiger partial charge is 0.406 e. The number of rotatable bonds is 4. The topological polar surface area (TPSA) is 52.7 Å². The van der Waals surface area contributed by atoms with Crippen molar-refractivity contribution in [3.05, 3.63) is 0 Å². The highest BCUT2D eigenvalue weighted by Gasteiger charge is 2.42. The maximum atomic E-state index is 12.4. The molecule has 0 radical (unpaired) electrons. The van der Waals surface area contributed by atoms with Crippen LogP contribution in [0, 0.1) is 5.92 Å². The summed E-state index contributed by atoms with van der Waals surface area (Å²) < 4.78 is 37.3. The van der Waals surface area contributed by atoms with Gasteiger partial charge in [-0.3, -0.25) is 14.5 Å². The summed E-state index contributed by atoms with van der Waals surface area (Å²) in [7, 11) is 0. The summed E-state index contributed by atoms with van der Waals surface area (Å²) in [5.74, 6) is -0.259. The highest BCUT2D eigenvalue weighted by Crippen LogP contribution is 2.26. The van der Waals surface area contributed by atoms with Gasteiger partial charge >= 0.3 is 6.18 Å². The summed E-state index contributed by atoms with van der Waals surface area (Å²) in [6.07, 6.45) is -2.04. The van der Waals surface area contributed by atoms with Crippen LogP contribution < -0.4 is 5.32 Å². The van der Waals surface area contributed by atoms with Crippen LogP contribution >= 0.6 is 0 Å². The number of amides is 2. The van der Waals surface area contributed by atoms with E-state index >= 15 is 0 Å².